The Labute approximate surface area is 128 Å². The molecule has 0 saturated carbocycles. The van der Waals surface area contributed by atoms with E-state index < -0.39 is 0 Å². The van der Waals surface area contributed by atoms with Crippen LogP contribution >= 0.6 is 0 Å². The fourth-order valence-corrected chi connectivity index (χ4v) is 2.90. The maximum absolute atomic E-state index is 12.0. The Morgan fingerprint density at radius 3 is 3.00 bits per heavy atom. The second-order valence-electron chi connectivity index (χ2n) is 6.07. The molecule has 1 aromatic heterocycles. The minimum absolute atomic E-state index is 0.0861. The minimum atomic E-state index is -0.361. The van der Waals surface area contributed by atoms with Gasteiger partial charge in [0.2, 0.25) is 5.91 Å². The maximum atomic E-state index is 12.0. The lowest BCUT2D eigenvalue weighted by atomic mass is 9.98. The molecule has 2 aromatic rings. The molecule has 1 aliphatic rings. The number of hydrogen-bond acceptors (Lipinski definition) is 3. The van der Waals surface area contributed by atoms with Gasteiger partial charge in [-0.05, 0) is 37.3 Å². The number of aromatic amines is 1. The average molecular weight is 300 g/mol. The molecule has 1 aliphatic heterocycles. The number of nitrogens with one attached hydrogen (secondary N) is 2. The van der Waals surface area contributed by atoms with Crippen LogP contribution in [0.1, 0.15) is 31.7 Å². The van der Waals surface area contributed by atoms with Gasteiger partial charge in [0.05, 0.1) is 12.0 Å². The zero-order chi connectivity index (χ0) is 15.6. The molecule has 1 fully saturated rings. The van der Waals surface area contributed by atoms with E-state index >= 15 is 0 Å². The van der Waals surface area contributed by atoms with Crippen LogP contribution in [0.2, 0.25) is 0 Å². The highest BCUT2D eigenvalue weighted by molar-refractivity contribution is 5.79. The second kappa shape index (κ2) is 5.93. The number of H-pyrrole nitrogens is 1. The van der Waals surface area contributed by atoms with Crippen LogP contribution in [-0.4, -0.2) is 23.1 Å². The Morgan fingerprint density at radius 1 is 1.41 bits per heavy atom. The lowest BCUT2D eigenvalue weighted by Gasteiger charge is -2.22. The Balaban J connectivity index is 1.67. The van der Waals surface area contributed by atoms with Crippen molar-refractivity contribution in [2.24, 2.45) is 0 Å². The summed E-state index contributed by atoms with van der Waals surface area (Å²) in [5, 5.41) is 3.77. The molecule has 1 amide bonds. The van der Waals surface area contributed by atoms with Crippen molar-refractivity contribution in [1.82, 2.24) is 10.3 Å². The third-order valence-corrected chi connectivity index (χ3v) is 4.14. The zero-order valence-corrected chi connectivity index (χ0v) is 12.6. The maximum Gasteiger partial charge on any atom is 0.253 e. The molecule has 22 heavy (non-hydrogen) atoms. The van der Waals surface area contributed by atoms with Crippen LogP contribution in [-0.2, 0) is 16.1 Å². The van der Waals surface area contributed by atoms with Gasteiger partial charge >= 0.3 is 0 Å². The standard InChI is InChI=1S/C17H20N2O3/c1-17(7-4-8-22-17)10-15(20)18-11-13-9-12-5-2-3-6-14(12)19-16(13)21/h2-3,5-6,9H,4,7-8,10-11H2,1H3,(H,18,20)(H,19,21). The molecule has 2 N–H and O–H groups in total. The Hall–Kier alpha value is -2.14. The first-order valence-corrected chi connectivity index (χ1v) is 7.57. The van der Waals surface area contributed by atoms with Crippen LogP contribution in [0.5, 0.6) is 0 Å². The fourth-order valence-electron chi connectivity index (χ4n) is 2.90. The summed E-state index contributed by atoms with van der Waals surface area (Å²) in [6, 6.07) is 9.41. The summed E-state index contributed by atoms with van der Waals surface area (Å²) in [4.78, 5) is 26.9. The van der Waals surface area contributed by atoms with Crippen LogP contribution in [0.25, 0.3) is 10.9 Å². The van der Waals surface area contributed by atoms with E-state index in [1.54, 1.807) is 0 Å². The van der Waals surface area contributed by atoms with Crippen molar-refractivity contribution in [2.45, 2.75) is 38.3 Å². The largest absolute Gasteiger partial charge is 0.375 e. The smallest absolute Gasteiger partial charge is 0.253 e. The van der Waals surface area contributed by atoms with Crippen molar-refractivity contribution in [3.63, 3.8) is 0 Å². The van der Waals surface area contributed by atoms with Gasteiger partial charge in [-0.2, -0.15) is 0 Å². The average Bonchev–Trinajstić information content (AvgIpc) is 2.91. The molecule has 0 spiro atoms. The summed E-state index contributed by atoms with van der Waals surface area (Å²) < 4.78 is 5.62. The van der Waals surface area contributed by atoms with Gasteiger partial charge in [0, 0.05) is 24.2 Å². The summed E-state index contributed by atoms with van der Waals surface area (Å²) in [6.45, 7) is 2.91. The monoisotopic (exact) mass is 300 g/mol. The molecule has 1 unspecified atom stereocenters. The van der Waals surface area contributed by atoms with Crippen molar-refractivity contribution >= 4 is 16.8 Å². The van der Waals surface area contributed by atoms with E-state index in [-0.39, 0.29) is 23.6 Å². The molecule has 0 aliphatic carbocycles. The van der Waals surface area contributed by atoms with Crippen LogP contribution < -0.4 is 10.9 Å². The van der Waals surface area contributed by atoms with E-state index in [0.717, 1.165) is 23.7 Å². The number of aromatic nitrogens is 1. The molecular formula is C17H20N2O3. The van der Waals surface area contributed by atoms with E-state index in [9.17, 15) is 9.59 Å². The number of amides is 1. The molecule has 0 bridgehead atoms. The number of ether oxygens (including phenoxy) is 1. The third kappa shape index (κ3) is 3.20. The number of fused-ring (bicyclic) bond motifs is 1. The van der Waals surface area contributed by atoms with E-state index in [2.05, 4.69) is 10.3 Å². The Kier molecular flexibility index (Phi) is 3.98. The van der Waals surface area contributed by atoms with Crippen molar-refractivity contribution in [3.8, 4) is 0 Å². The normalized spacial score (nSPS) is 21.1. The summed E-state index contributed by atoms with van der Waals surface area (Å²) >= 11 is 0. The molecule has 1 aromatic carbocycles. The fraction of sp³-hybridized carbons (Fsp3) is 0.412. The highest BCUT2D eigenvalue weighted by Crippen LogP contribution is 2.28. The minimum Gasteiger partial charge on any atom is -0.375 e. The molecule has 3 rings (SSSR count). The molecule has 1 atom stereocenters. The number of benzene rings is 1. The summed E-state index contributed by atoms with van der Waals surface area (Å²) in [7, 11) is 0. The van der Waals surface area contributed by atoms with Gasteiger partial charge < -0.3 is 15.0 Å². The van der Waals surface area contributed by atoms with E-state index in [1.165, 1.54) is 0 Å². The molecule has 0 radical (unpaired) electrons. The quantitative estimate of drug-likeness (QED) is 0.908. The second-order valence-corrected chi connectivity index (χ2v) is 6.07. The first-order valence-electron chi connectivity index (χ1n) is 7.57. The molecular weight excluding hydrogens is 280 g/mol. The van der Waals surface area contributed by atoms with Gasteiger partial charge in [0.1, 0.15) is 0 Å². The number of rotatable bonds is 4. The lowest BCUT2D eigenvalue weighted by Crippen LogP contribution is -2.34. The van der Waals surface area contributed by atoms with Crippen LogP contribution in [0.3, 0.4) is 0 Å². The first-order chi connectivity index (χ1) is 10.6. The van der Waals surface area contributed by atoms with Crippen LogP contribution in [0, 0.1) is 0 Å². The SMILES string of the molecule is CC1(CC(=O)NCc2cc3ccccc3[nH]c2=O)CCCO1. The van der Waals surface area contributed by atoms with Gasteiger partial charge in [0.25, 0.3) is 5.56 Å². The van der Waals surface area contributed by atoms with Gasteiger partial charge in [-0.3, -0.25) is 9.59 Å². The summed E-state index contributed by atoms with van der Waals surface area (Å²) in [6.07, 6.45) is 2.23. The molecule has 5 nitrogen and oxygen atoms in total. The Morgan fingerprint density at radius 2 is 2.23 bits per heavy atom. The van der Waals surface area contributed by atoms with Crippen molar-refractivity contribution in [1.29, 1.82) is 0 Å². The molecule has 1 saturated heterocycles. The summed E-state index contributed by atoms with van der Waals surface area (Å²) in [5.74, 6) is -0.0861. The van der Waals surface area contributed by atoms with E-state index in [4.69, 9.17) is 4.74 Å². The van der Waals surface area contributed by atoms with Gasteiger partial charge in [-0.15, -0.1) is 0 Å². The van der Waals surface area contributed by atoms with Crippen LogP contribution in [0.15, 0.2) is 35.1 Å². The number of carbonyl (C=O) groups is 1. The lowest BCUT2D eigenvalue weighted by molar-refractivity contribution is -0.126. The zero-order valence-electron chi connectivity index (χ0n) is 12.6. The Bertz CT molecular complexity index is 745. The van der Waals surface area contributed by atoms with E-state index in [0.29, 0.717) is 18.6 Å². The third-order valence-electron chi connectivity index (χ3n) is 4.14. The number of carbonyl (C=O) groups excluding carboxylic acids is 1. The number of pyridine rings is 1. The van der Waals surface area contributed by atoms with E-state index in [1.807, 2.05) is 37.3 Å². The van der Waals surface area contributed by atoms with Crippen molar-refractivity contribution < 1.29 is 9.53 Å². The van der Waals surface area contributed by atoms with Gasteiger partial charge in [0.15, 0.2) is 0 Å². The predicted octanol–water partition coefficient (Wildman–Crippen LogP) is 2.10. The first kappa shape index (κ1) is 14.8. The highest BCUT2D eigenvalue weighted by Gasteiger charge is 2.32. The highest BCUT2D eigenvalue weighted by atomic mass is 16.5. The predicted molar refractivity (Wildman–Crippen MR) is 84.6 cm³/mol. The van der Waals surface area contributed by atoms with Crippen molar-refractivity contribution in [2.75, 3.05) is 6.61 Å². The number of hydrogen-bond donors (Lipinski definition) is 2. The topological polar surface area (TPSA) is 71.2 Å². The van der Waals surface area contributed by atoms with Gasteiger partial charge in [-0.1, -0.05) is 18.2 Å². The molecule has 5 heteroatoms. The summed E-state index contributed by atoms with van der Waals surface area (Å²) in [5.41, 5.74) is 0.834. The van der Waals surface area contributed by atoms with Crippen LogP contribution in [0.4, 0.5) is 0 Å². The van der Waals surface area contributed by atoms with Crippen molar-refractivity contribution in [3.05, 3.63) is 46.2 Å². The molecule has 2 heterocycles. The molecule has 116 valence electrons. The van der Waals surface area contributed by atoms with Gasteiger partial charge in [-0.25, -0.2) is 0 Å². The number of para-hydroxylation sites is 1.